The van der Waals surface area contributed by atoms with Crippen LogP contribution in [0, 0.1) is 22.7 Å². The summed E-state index contributed by atoms with van der Waals surface area (Å²) in [5, 5.41) is 52.1. The number of aliphatic hydroxyl groups is 4. The van der Waals surface area contributed by atoms with Crippen molar-refractivity contribution in [1.82, 2.24) is 5.32 Å². The average molecular weight is 815 g/mol. The Kier molecular flexibility index (Phi) is 9.43. The number of rotatable bonds is 10. The minimum absolute atomic E-state index is 0.0646. The fraction of sp³-hybridized carbons (Fsp3) is 0.457. The number of ketones is 2. The molecule has 5 N–H and O–H groups in total. The summed E-state index contributed by atoms with van der Waals surface area (Å²) in [7, 11) is 0. The SMILES string of the molecule is [2H]c1c([2H])c([2H])c(C(=O)N[C@H](c2ccccc2)[C@H](O)C(=O)O[C@@H]2C[C@]3(O)[C@H](CC(=O)c4ccccc4)C4[C@@]5(OC(C)=O)CO[C@H]5C[C@@H](O)[C@]4(C)C(=O)[C@@H](O)C(=C2C)C3(C)C)c([2H])c1[2H]. The van der Waals surface area contributed by atoms with Crippen LogP contribution in [-0.2, 0) is 28.6 Å². The number of carbonyl (C=O) groups excluding carboxylic acids is 5. The minimum Gasteiger partial charge on any atom is -0.456 e. The van der Waals surface area contributed by atoms with E-state index >= 15 is 4.79 Å². The molecule has 13 nitrogen and oxygen atoms in total. The lowest BCUT2D eigenvalue weighted by molar-refractivity contribution is -0.339. The molecular formula is C46H51NO12. The monoisotopic (exact) mass is 814 g/mol. The number of nitrogens with one attached hydrogen (secondary N) is 1. The number of benzene rings is 3. The van der Waals surface area contributed by atoms with Gasteiger partial charge in [0.2, 0.25) is 0 Å². The van der Waals surface area contributed by atoms with Crippen molar-refractivity contribution in [3.63, 3.8) is 0 Å². The molecule has 1 heterocycles. The first-order chi connectivity index (χ1) is 29.9. The van der Waals surface area contributed by atoms with E-state index in [9.17, 15) is 39.6 Å². The zero-order chi connectivity index (χ0) is 47.0. The van der Waals surface area contributed by atoms with Crippen LogP contribution in [0.25, 0.3) is 0 Å². The quantitative estimate of drug-likeness (QED) is 0.113. The van der Waals surface area contributed by atoms with Gasteiger partial charge in [-0.3, -0.25) is 19.2 Å². The molecule has 3 aliphatic carbocycles. The number of hydrogen-bond donors (Lipinski definition) is 5. The second kappa shape index (κ2) is 15.5. The third kappa shape index (κ3) is 6.82. The van der Waals surface area contributed by atoms with E-state index in [0.717, 1.165) is 6.92 Å². The Morgan fingerprint density at radius 3 is 2.19 bits per heavy atom. The fourth-order valence-corrected chi connectivity index (χ4v) is 10.3. The molecule has 3 fully saturated rings. The third-order valence-corrected chi connectivity index (χ3v) is 13.4. The van der Waals surface area contributed by atoms with Gasteiger partial charge in [-0.15, -0.1) is 0 Å². The van der Waals surface area contributed by atoms with Gasteiger partial charge in [0, 0.05) is 54.6 Å². The maximum atomic E-state index is 15.1. The van der Waals surface area contributed by atoms with Crippen LogP contribution in [-0.4, -0.2) is 98.2 Å². The molecule has 7 rings (SSSR count). The van der Waals surface area contributed by atoms with Crippen LogP contribution in [0.3, 0.4) is 0 Å². The van der Waals surface area contributed by atoms with Gasteiger partial charge < -0.3 is 40.0 Å². The highest BCUT2D eigenvalue weighted by atomic mass is 16.6. The van der Waals surface area contributed by atoms with Gasteiger partial charge in [-0.1, -0.05) is 92.6 Å². The summed E-state index contributed by atoms with van der Waals surface area (Å²) in [4.78, 5) is 70.5. The van der Waals surface area contributed by atoms with E-state index in [1.54, 1.807) is 62.4 Å². The summed E-state index contributed by atoms with van der Waals surface area (Å²) < 4.78 is 58.6. The molecule has 11 atom stereocenters. The Balaban J connectivity index is 1.34. The summed E-state index contributed by atoms with van der Waals surface area (Å²) in [6.07, 6.45) is -9.44. The van der Waals surface area contributed by atoms with Gasteiger partial charge in [0.25, 0.3) is 5.91 Å². The molecule has 312 valence electrons. The topological polar surface area (TPSA) is 206 Å². The number of hydrogen-bond acceptors (Lipinski definition) is 12. The predicted octanol–water partition coefficient (Wildman–Crippen LogP) is 3.83. The first kappa shape index (κ1) is 35.9. The van der Waals surface area contributed by atoms with Gasteiger partial charge in [-0.2, -0.15) is 0 Å². The van der Waals surface area contributed by atoms with Gasteiger partial charge in [-0.05, 0) is 42.6 Å². The molecule has 1 aliphatic heterocycles. The zero-order valence-electron chi connectivity index (χ0n) is 38.3. The minimum atomic E-state index is -2.25. The van der Waals surface area contributed by atoms with E-state index in [4.69, 9.17) is 21.1 Å². The highest BCUT2D eigenvalue weighted by Gasteiger charge is 2.76. The zero-order valence-corrected chi connectivity index (χ0v) is 33.3. The van der Waals surface area contributed by atoms with Crippen LogP contribution in [0.4, 0.5) is 0 Å². The Morgan fingerprint density at radius 2 is 1.59 bits per heavy atom. The Bertz CT molecular complexity index is 2420. The highest BCUT2D eigenvalue weighted by Crippen LogP contribution is 2.66. The molecule has 3 aromatic carbocycles. The predicted molar refractivity (Wildman–Crippen MR) is 211 cm³/mol. The van der Waals surface area contributed by atoms with Crippen LogP contribution < -0.4 is 5.32 Å². The number of aliphatic hydroxyl groups excluding tert-OH is 3. The Morgan fingerprint density at radius 1 is 0.966 bits per heavy atom. The number of ether oxygens (including phenoxy) is 3. The smallest absolute Gasteiger partial charge is 0.338 e. The number of amides is 1. The van der Waals surface area contributed by atoms with Crippen LogP contribution in [0.2, 0.25) is 0 Å². The second-order valence-electron chi connectivity index (χ2n) is 16.8. The number of esters is 2. The molecule has 1 saturated heterocycles. The molecular weight excluding hydrogens is 759 g/mol. The van der Waals surface area contributed by atoms with Gasteiger partial charge in [0.15, 0.2) is 23.3 Å². The lowest BCUT2D eigenvalue weighted by Crippen LogP contribution is -2.80. The molecule has 4 aliphatic rings. The molecule has 13 heteroatoms. The fourth-order valence-electron chi connectivity index (χ4n) is 10.3. The lowest BCUT2D eigenvalue weighted by atomic mass is 9.42. The van der Waals surface area contributed by atoms with Crippen LogP contribution in [0.1, 0.15) is 93.1 Å². The number of Topliss-reactive ketones (excluding diaryl/α,β-unsaturated/α-hetero) is 2. The maximum absolute atomic E-state index is 15.1. The third-order valence-electron chi connectivity index (χ3n) is 13.4. The summed E-state index contributed by atoms with van der Waals surface area (Å²) in [6, 6.07) is 10.2. The van der Waals surface area contributed by atoms with Gasteiger partial charge in [0.05, 0.1) is 36.6 Å². The molecule has 0 spiro atoms. The van der Waals surface area contributed by atoms with E-state index in [-0.39, 0.29) is 35.3 Å². The molecule has 1 unspecified atom stereocenters. The van der Waals surface area contributed by atoms with E-state index in [1.807, 2.05) is 0 Å². The molecule has 3 aromatic rings. The molecule has 2 saturated carbocycles. The van der Waals surface area contributed by atoms with Crippen molar-refractivity contribution in [3.05, 3.63) is 119 Å². The van der Waals surface area contributed by atoms with Gasteiger partial charge in [0.1, 0.15) is 18.3 Å². The summed E-state index contributed by atoms with van der Waals surface area (Å²) in [6.45, 7) is 6.95. The van der Waals surface area contributed by atoms with Gasteiger partial charge in [-0.25, -0.2) is 4.79 Å². The summed E-state index contributed by atoms with van der Waals surface area (Å²) >= 11 is 0. The van der Waals surface area contributed by atoms with Crippen LogP contribution >= 0.6 is 0 Å². The molecule has 59 heavy (non-hydrogen) atoms. The molecule has 2 bridgehead atoms. The normalized spacial score (nSPS) is 34.3. The average Bonchev–Trinajstić information content (AvgIpc) is 3.25. The first-order valence-corrected chi connectivity index (χ1v) is 19.5. The van der Waals surface area contributed by atoms with E-state index < -0.39 is 148 Å². The van der Waals surface area contributed by atoms with Crippen molar-refractivity contribution in [2.24, 2.45) is 22.7 Å². The molecule has 0 aromatic heterocycles. The van der Waals surface area contributed by atoms with Crippen molar-refractivity contribution >= 4 is 29.4 Å². The molecule has 1 amide bonds. The van der Waals surface area contributed by atoms with Crippen LogP contribution in [0.15, 0.2) is 102 Å². The first-order valence-electron chi connectivity index (χ1n) is 22.0. The van der Waals surface area contributed by atoms with Crippen molar-refractivity contribution < 1.29 is 65.5 Å². The van der Waals surface area contributed by atoms with Crippen molar-refractivity contribution in [2.45, 2.75) is 102 Å². The van der Waals surface area contributed by atoms with Crippen molar-refractivity contribution in [1.29, 1.82) is 0 Å². The summed E-state index contributed by atoms with van der Waals surface area (Å²) in [5.41, 5.74) is -7.72. The molecule has 0 radical (unpaired) electrons. The van der Waals surface area contributed by atoms with Crippen molar-refractivity contribution in [2.75, 3.05) is 6.61 Å². The van der Waals surface area contributed by atoms with E-state index in [2.05, 4.69) is 5.32 Å². The lowest BCUT2D eigenvalue weighted by Gasteiger charge is -2.68. The van der Waals surface area contributed by atoms with Gasteiger partial charge >= 0.3 is 11.9 Å². The van der Waals surface area contributed by atoms with Crippen molar-refractivity contribution in [3.8, 4) is 0 Å². The maximum Gasteiger partial charge on any atom is 0.338 e. The standard InChI is InChI=1S/C46H51NO12/c1-25-32(58-42(55)38(52)36(28-17-11-7-12-18-28)47-41(54)29-19-13-8-14-20-29)23-46(56)30(21-31(49)27-15-9-6-10-16-27)39-44(5,40(53)37(51)35(25)43(46,3)4)33(50)22-34-45(39,24-57-34)59-26(2)48/h6-20,30,32-34,36-39,50-52,56H,21-24H2,1-5H3,(H,47,54)/t30-,32-,33-,34+,36-,37+,38+,39?,44+,45-,46+/m1/s1/i8D,13D,14D,19D,20D. The van der Waals surface area contributed by atoms with E-state index in [0.29, 0.717) is 0 Å². The Labute approximate surface area is 349 Å². The van der Waals surface area contributed by atoms with Crippen LogP contribution in [0.5, 0.6) is 0 Å². The number of carbonyl (C=O) groups is 5. The second-order valence-corrected chi connectivity index (χ2v) is 16.8. The summed E-state index contributed by atoms with van der Waals surface area (Å²) in [5.74, 6) is -7.44. The number of fused-ring (bicyclic) bond motifs is 5. The highest BCUT2D eigenvalue weighted by molar-refractivity contribution is 5.97. The Hall–Kier alpha value is -5.05. The largest absolute Gasteiger partial charge is 0.456 e. The van der Waals surface area contributed by atoms with E-state index in [1.165, 1.54) is 26.0 Å².